The molecular weight excluding hydrogens is 468 g/mol. The van der Waals surface area contributed by atoms with Crippen LogP contribution in [0.4, 0.5) is 18.9 Å². The number of nitrogens with one attached hydrogen (secondary N) is 1. The highest BCUT2D eigenvalue weighted by Crippen LogP contribution is 2.29. The number of hydrogen-bond acceptors (Lipinski definition) is 4. The average Bonchev–Trinajstić information content (AvgIpc) is 2.90. The summed E-state index contributed by atoms with van der Waals surface area (Å²) >= 11 is 1.59. The number of rotatable bonds is 6. The maximum Gasteiger partial charge on any atom is 0.573 e. The van der Waals surface area contributed by atoms with E-state index in [4.69, 9.17) is 5.73 Å². The Labute approximate surface area is 164 Å². The zero-order valence-electron chi connectivity index (χ0n) is 13.3. The predicted molar refractivity (Wildman–Crippen MR) is 104 cm³/mol. The van der Waals surface area contributed by atoms with Crippen LogP contribution in [0, 0.1) is 6.92 Å². The van der Waals surface area contributed by atoms with E-state index >= 15 is 0 Å². The van der Waals surface area contributed by atoms with E-state index in [0.29, 0.717) is 6.54 Å². The van der Waals surface area contributed by atoms with Crippen molar-refractivity contribution in [2.75, 3.05) is 11.9 Å². The van der Waals surface area contributed by atoms with E-state index < -0.39 is 6.36 Å². The molecule has 3 N–H and O–H groups in total. The summed E-state index contributed by atoms with van der Waals surface area (Å²) in [5, 5.41) is 5.63. The molecule has 0 bridgehead atoms. The fourth-order valence-corrected chi connectivity index (χ4v) is 2.73. The second-order valence-electron chi connectivity index (χ2n) is 4.92. The number of nitrogens with two attached hydrogens (primary N) is 1. The summed E-state index contributed by atoms with van der Waals surface area (Å²) in [6.45, 7) is 2.38. The smallest absolute Gasteiger partial charge is 0.404 e. The fraction of sp³-hybridized carbons (Fsp3) is 0.333. The zero-order chi connectivity index (χ0) is 17.6. The van der Waals surface area contributed by atoms with Crippen molar-refractivity contribution in [3.8, 4) is 5.75 Å². The highest BCUT2D eigenvalue weighted by Gasteiger charge is 2.32. The van der Waals surface area contributed by atoms with Crippen molar-refractivity contribution < 1.29 is 17.9 Å². The number of aromatic nitrogens is 1. The van der Waals surface area contributed by atoms with E-state index in [1.54, 1.807) is 17.4 Å². The van der Waals surface area contributed by atoms with Crippen LogP contribution in [0.5, 0.6) is 5.75 Å². The maximum absolute atomic E-state index is 12.4. The van der Waals surface area contributed by atoms with Crippen molar-refractivity contribution >= 4 is 47.0 Å². The molecule has 10 heteroatoms. The molecule has 0 aliphatic heterocycles. The topological polar surface area (TPSA) is 72.5 Å². The summed E-state index contributed by atoms with van der Waals surface area (Å²) < 4.78 is 41.0. The molecule has 1 aromatic carbocycles. The number of anilines is 1. The molecule has 5 nitrogen and oxygen atoms in total. The van der Waals surface area contributed by atoms with Gasteiger partial charge in [-0.1, -0.05) is 12.1 Å². The number of ether oxygens (including phenoxy) is 1. The molecule has 0 saturated heterocycles. The number of aliphatic imine (C=N–C) groups is 1. The summed E-state index contributed by atoms with van der Waals surface area (Å²) in [6, 6.07) is 5.65. The van der Waals surface area contributed by atoms with Gasteiger partial charge in [-0.2, -0.15) is 0 Å². The molecule has 0 radical (unpaired) electrons. The number of benzene rings is 1. The minimum absolute atomic E-state index is 0. The Hall–Kier alpha value is -1.56. The van der Waals surface area contributed by atoms with E-state index in [2.05, 4.69) is 20.0 Å². The number of hydrogen-bond donors (Lipinski definition) is 2. The van der Waals surface area contributed by atoms with Crippen molar-refractivity contribution in [2.45, 2.75) is 26.1 Å². The van der Waals surface area contributed by atoms with Crippen LogP contribution in [0.3, 0.4) is 0 Å². The van der Waals surface area contributed by atoms with E-state index in [1.165, 1.54) is 18.2 Å². The van der Waals surface area contributed by atoms with Crippen LogP contribution in [0.2, 0.25) is 0 Å². The number of thiazole rings is 1. The molecule has 138 valence electrons. The van der Waals surface area contributed by atoms with Gasteiger partial charge < -0.3 is 15.8 Å². The second-order valence-corrected chi connectivity index (χ2v) is 5.86. The molecular formula is C15H18F3IN4OS. The summed E-state index contributed by atoms with van der Waals surface area (Å²) in [7, 11) is 0. The van der Waals surface area contributed by atoms with Gasteiger partial charge in [-0.3, -0.25) is 4.99 Å². The van der Waals surface area contributed by atoms with Crippen molar-refractivity contribution in [3.05, 3.63) is 40.3 Å². The summed E-state index contributed by atoms with van der Waals surface area (Å²) in [6.07, 6.45) is -3.24. The molecule has 0 amide bonds. The lowest BCUT2D eigenvalue weighted by atomic mass is 10.3. The first-order valence-electron chi connectivity index (χ1n) is 7.16. The van der Waals surface area contributed by atoms with Crippen molar-refractivity contribution in [1.82, 2.24) is 4.98 Å². The lowest BCUT2D eigenvalue weighted by Crippen LogP contribution is -2.24. The molecule has 2 aromatic rings. The first-order valence-corrected chi connectivity index (χ1v) is 8.04. The quantitative estimate of drug-likeness (QED) is 0.276. The average molecular weight is 486 g/mol. The lowest BCUT2D eigenvalue weighted by molar-refractivity contribution is -0.274. The standard InChI is InChI=1S/C15H17F3N4OS.HI/c1-10-9-24-13(21-10)7-4-8-20-14(19)22-11-5-2-3-6-12(11)23-15(16,17)18;/h2-3,5-6,9H,4,7-8H2,1H3,(H3,19,20,22);1H. The third-order valence-corrected chi connectivity index (χ3v) is 3.90. The highest BCUT2D eigenvalue weighted by molar-refractivity contribution is 14.0. The minimum atomic E-state index is -4.77. The molecule has 2 rings (SSSR count). The molecule has 1 heterocycles. The Bertz CT molecular complexity index is 706. The van der Waals surface area contributed by atoms with Gasteiger partial charge in [-0.15, -0.1) is 48.5 Å². The summed E-state index contributed by atoms with van der Waals surface area (Å²) in [4.78, 5) is 8.44. The van der Waals surface area contributed by atoms with Crippen LogP contribution in [0.15, 0.2) is 34.6 Å². The fourth-order valence-electron chi connectivity index (χ4n) is 1.91. The van der Waals surface area contributed by atoms with Crippen LogP contribution in [-0.4, -0.2) is 23.9 Å². The van der Waals surface area contributed by atoms with Gasteiger partial charge in [0.2, 0.25) is 0 Å². The third-order valence-electron chi connectivity index (χ3n) is 2.87. The van der Waals surface area contributed by atoms with Crippen LogP contribution in [-0.2, 0) is 6.42 Å². The van der Waals surface area contributed by atoms with Gasteiger partial charge in [-0.25, -0.2) is 4.98 Å². The Morgan fingerprint density at radius 1 is 1.36 bits per heavy atom. The van der Waals surface area contributed by atoms with E-state index in [-0.39, 0.29) is 41.4 Å². The lowest BCUT2D eigenvalue weighted by Gasteiger charge is -2.14. The number of alkyl halides is 3. The molecule has 0 aliphatic carbocycles. The van der Waals surface area contributed by atoms with Gasteiger partial charge in [0.25, 0.3) is 0 Å². The van der Waals surface area contributed by atoms with E-state index in [1.807, 2.05) is 12.3 Å². The van der Waals surface area contributed by atoms with Gasteiger partial charge in [-0.05, 0) is 25.5 Å². The Morgan fingerprint density at radius 3 is 2.72 bits per heavy atom. The normalized spacial score (nSPS) is 11.8. The number of para-hydroxylation sites is 2. The number of nitrogens with zero attached hydrogens (tertiary/aromatic N) is 2. The third kappa shape index (κ3) is 7.90. The molecule has 0 aliphatic rings. The minimum Gasteiger partial charge on any atom is -0.404 e. The molecule has 0 fully saturated rings. The predicted octanol–water partition coefficient (Wildman–Crippen LogP) is 4.33. The molecule has 1 aromatic heterocycles. The van der Waals surface area contributed by atoms with Crippen LogP contribution in [0.25, 0.3) is 0 Å². The van der Waals surface area contributed by atoms with Crippen molar-refractivity contribution in [2.24, 2.45) is 10.7 Å². The molecule has 0 spiro atoms. The molecule has 25 heavy (non-hydrogen) atoms. The SMILES string of the molecule is Cc1csc(CCCN=C(N)Nc2ccccc2OC(F)(F)F)n1.I. The first-order chi connectivity index (χ1) is 11.3. The molecule has 0 saturated carbocycles. The Kier molecular flexibility index (Phi) is 8.42. The van der Waals surface area contributed by atoms with Gasteiger partial charge >= 0.3 is 6.36 Å². The van der Waals surface area contributed by atoms with Gasteiger partial charge in [0, 0.05) is 24.0 Å². The summed E-state index contributed by atoms with van der Waals surface area (Å²) in [5.41, 5.74) is 6.80. The van der Waals surface area contributed by atoms with Crippen molar-refractivity contribution in [3.63, 3.8) is 0 Å². The van der Waals surface area contributed by atoms with Crippen molar-refractivity contribution in [1.29, 1.82) is 0 Å². The van der Waals surface area contributed by atoms with Gasteiger partial charge in [0.05, 0.1) is 10.7 Å². The van der Waals surface area contributed by atoms with E-state index in [9.17, 15) is 13.2 Å². The second kappa shape index (κ2) is 9.80. The Morgan fingerprint density at radius 2 is 2.08 bits per heavy atom. The molecule has 0 unspecified atom stereocenters. The molecule has 0 atom stereocenters. The maximum atomic E-state index is 12.4. The monoisotopic (exact) mass is 486 g/mol. The highest BCUT2D eigenvalue weighted by atomic mass is 127. The van der Waals surface area contributed by atoms with E-state index in [0.717, 1.165) is 23.5 Å². The van der Waals surface area contributed by atoms with Gasteiger partial charge in [0.1, 0.15) is 0 Å². The zero-order valence-corrected chi connectivity index (χ0v) is 16.5. The first kappa shape index (κ1) is 21.5. The van der Waals surface area contributed by atoms with Crippen LogP contribution < -0.4 is 15.8 Å². The summed E-state index contributed by atoms with van der Waals surface area (Å²) in [5.74, 6) is -0.329. The Balaban J connectivity index is 0.00000312. The van der Waals surface area contributed by atoms with Gasteiger partial charge in [0.15, 0.2) is 11.7 Å². The van der Waals surface area contributed by atoms with Crippen LogP contribution >= 0.6 is 35.3 Å². The van der Waals surface area contributed by atoms with Crippen LogP contribution in [0.1, 0.15) is 17.1 Å². The number of guanidine groups is 1. The number of aryl methyl sites for hydroxylation is 2. The number of halogens is 4. The largest absolute Gasteiger partial charge is 0.573 e.